The Balaban J connectivity index is 1.59. The van der Waals surface area contributed by atoms with Crippen molar-refractivity contribution in [3.63, 3.8) is 0 Å². The zero-order chi connectivity index (χ0) is 23.8. The van der Waals surface area contributed by atoms with Gasteiger partial charge in [0.1, 0.15) is 11.4 Å². The first kappa shape index (κ1) is 22.0. The summed E-state index contributed by atoms with van der Waals surface area (Å²) in [7, 11) is 0. The molecule has 1 saturated heterocycles. The fourth-order valence-corrected chi connectivity index (χ4v) is 4.47. The average Bonchev–Trinajstić information content (AvgIpc) is 3.16. The van der Waals surface area contributed by atoms with Crippen LogP contribution in [0.15, 0.2) is 84.6 Å². The first-order valence-corrected chi connectivity index (χ1v) is 11.2. The molecule has 168 valence electrons. The minimum absolute atomic E-state index is 0.0236. The van der Waals surface area contributed by atoms with Crippen molar-refractivity contribution < 1.29 is 14.0 Å². The summed E-state index contributed by atoms with van der Waals surface area (Å²) < 4.78 is 16.4. The maximum Gasteiger partial charge on any atom is 0.270 e. The number of rotatable bonds is 4. The van der Waals surface area contributed by atoms with Crippen LogP contribution in [0.1, 0.15) is 11.1 Å². The predicted octanol–water partition coefficient (Wildman–Crippen LogP) is 5.31. The number of fused-ring (bicyclic) bond motifs is 1. The SMILES string of the molecule is O=C1NC(=S)N(c2ccccc2F)C(=O)/C1=C\c1cn(Cc2ccccc2Cl)c2ccccc12. The quantitative estimate of drug-likeness (QED) is 0.240. The molecule has 1 fully saturated rings. The molecule has 5 nitrogen and oxygen atoms in total. The van der Waals surface area contributed by atoms with Gasteiger partial charge in [-0.2, -0.15) is 0 Å². The smallest absolute Gasteiger partial charge is 0.270 e. The molecule has 4 aromatic rings. The topological polar surface area (TPSA) is 54.3 Å². The molecule has 1 aromatic heterocycles. The van der Waals surface area contributed by atoms with E-state index < -0.39 is 17.6 Å². The van der Waals surface area contributed by atoms with Crippen LogP contribution in [-0.2, 0) is 16.1 Å². The summed E-state index contributed by atoms with van der Waals surface area (Å²) in [4.78, 5) is 27.0. The Morgan fingerprint density at radius 3 is 2.47 bits per heavy atom. The van der Waals surface area contributed by atoms with Crippen LogP contribution in [0.4, 0.5) is 10.1 Å². The molecule has 1 N–H and O–H groups in total. The van der Waals surface area contributed by atoms with Crippen molar-refractivity contribution in [1.29, 1.82) is 0 Å². The Kier molecular flexibility index (Phi) is 5.73. The second kappa shape index (κ2) is 8.85. The van der Waals surface area contributed by atoms with Gasteiger partial charge in [-0.15, -0.1) is 0 Å². The van der Waals surface area contributed by atoms with Gasteiger partial charge in [0.15, 0.2) is 5.11 Å². The zero-order valence-corrected chi connectivity index (χ0v) is 19.2. The minimum Gasteiger partial charge on any atom is -0.342 e. The molecule has 1 aliphatic rings. The van der Waals surface area contributed by atoms with E-state index in [9.17, 15) is 14.0 Å². The van der Waals surface area contributed by atoms with Crippen molar-refractivity contribution in [2.24, 2.45) is 0 Å². The standard InChI is InChI=1S/C26H17ClFN3O2S/c27-20-9-3-1-7-16(20)14-30-15-17(18-8-2-5-11-22(18)30)13-19-24(32)29-26(34)31(25(19)33)23-12-6-4-10-21(23)28/h1-13,15H,14H2,(H,29,32,34)/b19-13-. The number of halogens is 2. The summed E-state index contributed by atoms with van der Waals surface area (Å²) in [5.41, 5.74) is 2.36. The number of carbonyl (C=O) groups excluding carboxylic acids is 2. The number of benzene rings is 3. The largest absolute Gasteiger partial charge is 0.342 e. The number of thiocarbonyl (C=S) groups is 1. The van der Waals surface area contributed by atoms with E-state index in [2.05, 4.69) is 5.32 Å². The van der Waals surface area contributed by atoms with Gasteiger partial charge in [-0.1, -0.05) is 60.1 Å². The Labute approximate surface area is 205 Å². The van der Waals surface area contributed by atoms with Gasteiger partial charge in [0.2, 0.25) is 0 Å². The Bertz CT molecular complexity index is 1510. The van der Waals surface area contributed by atoms with Crippen LogP contribution >= 0.6 is 23.8 Å². The molecule has 0 aliphatic carbocycles. The van der Waals surface area contributed by atoms with Gasteiger partial charge in [-0.05, 0) is 48.1 Å². The number of nitrogens with zero attached hydrogens (tertiary/aromatic N) is 2. The van der Waals surface area contributed by atoms with Gasteiger partial charge in [0.25, 0.3) is 11.8 Å². The molecule has 34 heavy (non-hydrogen) atoms. The number of hydrogen-bond acceptors (Lipinski definition) is 3. The Hall–Kier alpha value is -3.81. The van der Waals surface area contributed by atoms with Crippen molar-refractivity contribution >= 4 is 63.4 Å². The fraction of sp³-hybridized carbons (Fsp3) is 0.0385. The lowest BCUT2D eigenvalue weighted by molar-refractivity contribution is -0.122. The lowest BCUT2D eigenvalue weighted by atomic mass is 10.1. The van der Waals surface area contributed by atoms with E-state index in [1.807, 2.05) is 59.3 Å². The van der Waals surface area contributed by atoms with Crippen molar-refractivity contribution in [3.05, 3.63) is 107 Å². The third-order valence-electron chi connectivity index (χ3n) is 5.61. The van der Waals surface area contributed by atoms with E-state index in [4.69, 9.17) is 23.8 Å². The average molecular weight is 490 g/mol. The summed E-state index contributed by atoms with van der Waals surface area (Å²) in [6, 6.07) is 21.0. The van der Waals surface area contributed by atoms with E-state index in [0.29, 0.717) is 17.1 Å². The van der Waals surface area contributed by atoms with Crippen LogP contribution in [0.5, 0.6) is 0 Å². The highest BCUT2D eigenvalue weighted by Crippen LogP contribution is 2.29. The number of aromatic nitrogens is 1. The molecule has 2 heterocycles. The monoisotopic (exact) mass is 489 g/mol. The lowest BCUT2D eigenvalue weighted by Crippen LogP contribution is -2.54. The maximum absolute atomic E-state index is 14.4. The number of anilines is 1. The van der Waals surface area contributed by atoms with Crippen LogP contribution in [-0.4, -0.2) is 21.5 Å². The van der Waals surface area contributed by atoms with E-state index in [1.54, 1.807) is 6.07 Å². The normalized spacial score (nSPS) is 15.3. The van der Waals surface area contributed by atoms with Gasteiger partial charge < -0.3 is 4.57 Å². The number of para-hydroxylation sites is 2. The second-order valence-electron chi connectivity index (χ2n) is 7.73. The van der Waals surface area contributed by atoms with Crippen molar-refractivity contribution in [1.82, 2.24) is 9.88 Å². The molecule has 1 aliphatic heterocycles. The lowest BCUT2D eigenvalue weighted by Gasteiger charge is -2.29. The summed E-state index contributed by atoms with van der Waals surface area (Å²) in [6.45, 7) is 0.509. The highest BCUT2D eigenvalue weighted by molar-refractivity contribution is 7.80. The molecular formula is C26H17ClFN3O2S. The molecule has 0 spiro atoms. The molecule has 0 unspecified atom stereocenters. The molecule has 3 aromatic carbocycles. The molecular weight excluding hydrogens is 473 g/mol. The van der Waals surface area contributed by atoms with Gasteiger partial charge in [0.05, 0.1) is 5.69 Å². The third kappa shape index (κ3) is 3.89. The van der Waals surface area contributed by atoms with E-state index in [1.165, 1.54) is 24.3 Å². The molecule has 5 rings (SSSR count). The van der Waals surface area contributed by atoms with Crippen LogP contribution in [0.25, 0.3) is 17.0 Å². The van der Waals surface area contributed by atoms with Gasteiger partial charge >= 0.3 is 0 Å². The predicted molar refractivity (Wildman–Crippen MR) is 135 cm³/mol. The summed E-state index contributed by atoms with van der Waals surface area (Å²) in [6.07, 6.45) is 3.38. The molecule has 2 amide bonds. The zero-order valence-electron chi connectivity index (χ0n) is 17.7. The number of hydrogen-bond donors (Lipinski definition) is 1. The van der Waals surface area contributed by atoms with Crippen molar-refractivity contribution in [2.45, 2.75) is 6.54 Å². The summed E-state index contributed by atoms with van der Waals surface area (Å²) >= 11 is 11.5. The van der Waals surface area contributed by atoms with Crippen LogP contribution in [0.3, 0.4) is 0 Å². The molecule has 0 radical (unpaired) electrons. The Morgan fingerprint density at radius 1 is 0.971 bits per heavy atom. The van der Waals surface area contributed by atoms with E-state index >= 15 is 0 Å². The fourth-order valence-electron chi connectivity index (χ4n) is 4.00. The summed E-state index contributed by atoms with van der Waals surface area (Å²) in [5, 5.41) is 3.83. The maximum atomic E-state index is 14.4. The summed E-state index contributed by atoms with van der Waals surface area (Å²) in [5.74, 6) is -1.95. The number of amides is 2. The number of nitrogens with one attached hydrogen (secondary N) is 1. The van der Waals surface area contributed by atoms with Crippen LogP contribution in [0, 0.1) is 5.82 Å². The van der Waals surface area contributed by atoms with Gasteiger partial charge in [-0.3, -0.25) is 14.9 Å². The first-order chi connectivity index (χ1) is 16.4. The second-order valence-corrected chi connectivity index (χ2v) is 8.52. The van der Waals surface area contributed by atoms with Crippen molar-refractivity contribution in [2.75, 3.05) is 4.90 Å². The third-order valence-corrected chi connectivity index (χ3v) is 6.27. The van der Waals surface area contributed by atoms with Gasteiger partial charge in [0, 0.05) is 34.2 Å². The highest BCUT2D eigenvalue weighted by atomic mass is 35.5. The Morgan fingerprint density at radius 2 is 1.68 bits per heavy atom. The molecule has 0 bridgehead atoms. The van der Waals surface area contributed by atoms with Crippen LogP contribution in [0.2, 0.25) is 5.02 Å². The molecule has 8 heteroatoms. The van der Waals surface area contributed by atoms with E-state index in [0.717, 1.165) is 21.4 Å². The van der Waals surface area contributed by atoms with Crippen LogP contribution < -0.4 is 10.2 Å². The minimum atomic E-state index is -0.693. The number of carbonyl (C=O) groups is 2. The van der Waals surface area contributed by atoms with Crippen molar-refractivity contribution in [3.8, 4) is 0 Å². The highest BCUT2D eigenvalue weighted by Gasteiger charge is 2.35. The molecule has 0 atom stereocenters. The molecule has 0 saturated carbocycles. The first-order valence-electron chi connectivity index (χ1n) is 10.4. The van der Waals surface area contributed by atoms with E-state index in [-0.39, 0.29) is 16.4 Å². The van der Waals surface area contributed by atoms with Gasteiger partial charge in [-0.25, -0.2) is 9.29 Å².